The number of nitrogens with zero attached hydrogens (tertiary/aromatic N) is 3. The summed E-state index contributed by atoms with van der Waals surface area (Å²) < 4.78 is 11.2. The maximum atomic E-state index is 13.4. The Balaban J connectivity index is 1.61. The van der Waals surface area contributed by atoms with Gasteiger partial charge in [0.05, 0.1) is 31.0 Å². The van der Waals surface area contributed by atoms with Gasteiger partial charge in [0.1, 0.15) is 5.70 Å². The number of carbonyl (C=O) groups is 2. The van der Waals surface area contributed by atoms with Gasteiger partial charge in [0.25, 0.3) is 11.8 Å². The Morgan fingerprint density at radius 3 is 2.24 bits per heavy atom. The van der Waals surface area contributed by atoms with Crippen molar-refractivity contribution in [1.82, 2.24) is 14.7 Å². The van der Waals surface area contributed by atoms with E-state index >= 15 is 0 Å². The largest absolute Gasteiger partial charge is 0.379 e. The lowest BCUT2D eigenvalue weighted by Crippen LogP contribution is -2.48. The Morgan fingerprint density at radius 2 is 1.59 bits per heavy atom. The zero-order chi connectivity index (χ0) is 20.4. The fourth-order valence-corrected chi connectivity index (χ4v) is 4.35. The molecule has 0 spiro atoms. The summed E-state index contributed by atoms with van der Waals surface area (Å²) in [5.74, 6) is -0.389. The molecule has 0 saturated carbocycles. The van der Waals surface area contributed by atoms with Gasteiger partial charge < -0.3 is 14.4 Å². The molecule has 0 bridgehead atoms. The highest BCUT2D eigenvalue weighted by Crippen LogP contribution is 2.33. The quantitative estimate of drug-likeness (QED) is 0.694. The van der Waals surface area contributed by atoms with Crippen molar-refractivity contribution < 1.29 is 19.1 Å². The molecule has 3 aliphatic rings. The highest BCUT2D eigenvalue weighted by Gasteiger charge is 2.42. The lowest BCUT2D eigenvalue weighted by molar-refractivity contribution is -0.138. The van der Waals surface area contributed by atoms with E-state index in [-0.39, 0.29) is 24.0 Å². The summed E-state index contributed by atoms with van der Waals surface area (Å²) in [5.41, 5.74) is 1.82. The van der Waals surface area contributed by atoms with E-state index < -0.39 is 0 Å². The number of hydrogen-bond acceptors (Lipinski definition) is 6. The van der Waals surface area contributed by atoms with E-state index in [2.05, 4.69) is 4.90 Å². The third-order valence-corrected chi connectivity index (χ3v) is 5.69. The summed E-state index contributed by atoms with van der Waals surface area (Å²) >= 11 is 0. The maximum Gasteiger partial charge on any atom is 0.277 e. The minimum atomic E-state index is -0.198. The second kappa shape index (κ2) is 8.65. The predicted octanol–water partition coefficient (Wildman–Crippen LogP) is 1.21. The molecule has 1 aromatic carbocycles. The van der Waals surface area contributed by atoms with Gasteiger partial charge >= 0.3 is 0 Å². The molecule has 0 radical (unpaired) electrons. The first kappa shape index (κ1) is 20.1. The predicted molar refractivity (Wildman–Crippen MR) is 109 cm³/mol. The van der Waals surface area contributed by atoms with Crippen LogP contribution in [0.25, 0.3) is 5.57 Å². The lowest BCUT2D eigenvalue weighted by Gasteiger charge is -2.37. The number of benzene rings is 1. The molecule has 2 atom stereocenters. The van der Waals surface area contributed by atoms with E-state index in [1.165, 1.54) is 4.90 Å². The monoisotopic (exact) mass is 399 g/mol. The standard InChI is InChI=1S/C22H29N3O4/c1-16-14-24(15-17(2)29-16)20-19(18-6-4-3-5-7-18)21(26)25(22(20)27)9-8-23-10-12-28-13-11-23/h3-7,16-17H,8-15H2,1-2H3. The van der Waals surface area contributed by atoms with Crippen LogP contribution in [0.1, 0.15) is 19.4 Å². The summed E-state index contributed by atoms with van der Waals surface area (Å²) in [6, 6.07) is 9.52. The fraction of sp³-hybridized carbons (Fsp3) is 0.545. The van der Waals surface area contributed by atoms with Gasteiger partial charge in [-0.05, 0) is 19.4 Å². The van der Waals surface area contributed by atoms with E-state index in [1.807, 2.05) is 49.1 Å². The van der Waals surface area contributed by atoms with Crippen LogP contribution in [0.3, 0.4) is 0 Å². The topological polar surface area (TPSA) is 62.3 Å². The number of morpholine rings is 2. The molecule has 0 aromatic heterocycles. The van der Waals surface area contributed by atoms with Gasteiger partial charge in [0.2, 0.25) is 0 Å². The Hall–Kier alpha value is -2.22. The molecule has 7 nitrogen and oxygen atoms in total. The minimum Gasteiger partial charge on any atom is -0.379 e. The van der Waals surface area contributed by atoms with Gasteiger partial charge in [-0.2, -0.15) is 0 Å². The second-order valence-electron chi connectivity index (χ2n) is 7.97. The summed E-state index contributed by atoms with van der Waals surface area (Å²) in [6.45, 7) is 9.35. The van der Waals surface area contributed by atoms with Gasteiger partial charge in [-0.25, -0.2) is 0 Å². The zero-order valence-electron chi connectivity index (χ0n) is 17.2. The van der Waals surface area contributed by atoms with E-state index in [1.54, 1.807) is 0 Å². The molecule has 2 unspecified atom stereocenters. The molecule has 2 saturated heterocycles. The molecule has 29 heavy (non-hydrogen) atoms. The molecule has 3 aliphatic heterocycles. The summed E-state index contributed by atoms with van der Waals surface area (Å²) in [4.78, 5) is 32.4. The SMILES string of the molecule is CC1CN(C2=C(c3ccccc3)C(=O)N(CCN3CCOCC3)C2=O)CC(C)O1. The van der Waals surface area contributed by atoms with Crippen LogP contribution in [0.5, 0.6) is 0 Å². The summed E-state index contributed by atoms with van der Waals surface area (Å²) in [5, 5.41) is 0. The fourth-order valence-electron chi connectivity index (χ4n) is 4.35. The molecule has 2 fully saturated rings. The van der Waals surface area contributed by atoms with Crippen LogP contribution in [-0.2, 0) is 19.1 Å². The summed E-state index contributed by atoms with van der Waals surface area (Å²) in [7, 11) is 0. The summed E-state index contributed by atoms with van der Waals surface area (Å²) in [6.07, 6.45) is 0.0159. The van der Waals surface area contributed by atoms with E-state index in [4.69, 9.17) is 9.47 Å². The number of ether oxygens (including phenoxy) is 2. The van der Waals surface area contributed by atoms with Gasteiger partial charge in [0, 0.05) is 39.3 Å². The second-order valence-corrected chi connectivity index (χ2v) is 7.97. The van der Waals surface area contributed by atoms with Crippen molar-refractivity contribution in [1.29, 1.82) is 0 Å². The molecule has 4 rings (SSSR count). The molecule has 3 heterocycles. The number of rotatable bonds is 5. The van der Waals surface area contributed by atoms with Crippen LogP contribution in [0.2, 0.25) is 0 Å². The number of carbonyl (C=O) groups excluding carboxylic acids is 2. The Labute approximate surface area is 171 Å². The normalized spacial score (nSPS) is 26.6. The van der Waals surface area contributed by atoms with Crippen molar-refractivity contribution in [3.8, 4) is 0 Å². The molecule has 7 heteroatoms. The van der Waals surface area contributed by atoms with Crippen LogP contribution >= 0.6 is 0 Å². The van der Waals surface area contributed by atoms with Crippen molar-refractivity contribution >= 4 is 17.4 Å². The average molecular weight is 399 g/mol. The van der Waals surface area contributed by atoms with E-state index in [0.29, 0.717) is 50.7 Å². The van der Waals surface area contributed by atoms with Gasteiger partial charge in [-0.15, -0.1) is 0 Å². The van der Waals surface area contributed by atoms with Crippen molar-refractivity contribution in [3.05, 3.63) is 41.6 Å². The molecule has 0 N–H and O–H groups in total. The van der Waals surface area contributed by atoms with Crippen molar-refractivity contribution in [2.24, 2.45) is 0 Å². The average Bonchev–Trinajstić information content (AvgIpc) is 2.97. The third-order valence-electron chi connectivity index (χ3n) is 5.69. The van der Waals surface area contributed by atoms with Crippen LogP contribution in [0.15, 0.2) is 36.0 Å². The van der Waals surface area contributed by atoms with Crippen molar-refractivity contribution in [3.63, 3.8) is 0 Å². The Kier molecular flexibility index (Phi) is 5.99. The number of imide groups is 1. The van der Waals surface area contributed by atoms with Gasteiger partial charge in [0.15, 0.2) is 0 Å². The first-order valence-electron chi connectivity index (χ1n) is 10.4. The highest BCUT2D eigenvalue weighted by molar-refractivity contribution is 6.35. The smallest absolute Gasteiger partial charge is 0.277 e. The third kappa shape index (κ3) is 4.22. The van der Waals surface area contributed by atoms with Crippen LogP contribution < -0.4 is 0 Å². The molecular formula is C22H29N3O4. The zero-order valence-corrected chi connectivity index (χ0v) is 17.2. The van der Waals surface area contributed by atoms with E-state index in [9.17, 15) is 9.59 Å². The first-order valence-corrected chi connectivity index (χ1v) is 10.4. The van der Waals surface area contributed by atoms with Crippen LogP contribution in [0.4, 0.5) is 0 Å². The van der Waals surface area contributed by atoms with E-state index in [0.717, 1.165) is 18.7 Å². The van der Waals surface area contributed by atoms with Crippen molar-refractivity contribution in [2.45, 2.75) is 26.1 Å². The number of hydrogen-bond donors (Lipinski definition) is 0. The molecule has 2 amide bonds. The first-order chi connectivity index (χ1) is 14.0. The molecule has 0 aliphatic carbocycles. The lowest BCUT2D eigenvalue weighted by atomic mass is 10.0. The van der Waals surface area contributed by atoms with Gasteiger partial charge in [-0.1, -0.05) is 30.3 Å². The Bertz CT molecular complexity index is 779. The minimum absolute atomic E-state index is 0.00794. The molecule has 1 aromatic rings. The maximum absolute atomic E-state index is 13.4. The van der Waals surface area contributed by atoms with Gasteiger partial charge in [-0.3, -0.25) is 19.4 Å². The molecule has 156 valence electrons. The highest BCUT2D eigenvalue weighted by atomic mass is 16.5. The van der Waals surface area contributed by atoms with Crippen LogP contribution in [0, 0.1) is 0 Å². The van der Waals surface area contributed by atoms with Crippen LogP contribution in [-0.4, -0.2) is 91.2 Å². The molecular weight excluding hydrogens is 370 g/mol. The number of amides is 2. The Morgan fingerprint density at radius 1 is 0.931 bits per heavy atom. The van der Waals surface area contributed by atoms with Crippen molar-refractivity contribution in [2.75, 3.05) is 52.5 Å².